The molecule has 1 aliphatic rings. The Morgan fingerprint density at radius 1 is 1.08 bits per heavy atom. The van der Waals surface area contributed by atoms with E-state index in [0.29, 0.717) is 22.6 Å². The summed E-state index contributed by atoms with van der Waals surface area (Å²) in [6.07, 6.45) is -0.773. The number of rotatable bonds is 3. The highest BCUT2D eigenvalue weighted by Gasteiger charge is 2.37. The molecule has 1 aliphatic heterocycles. The Morgan fingerprint density at radius 2 is 1.73 bits per heavy atom. The second-order valence-electron chi connectivity index (χ2n) is 7.03. The van der Waals surface area contributed by atoms with E-state index >= 15 is 0 Å². The Morgan fingerprint density at radius 3 is 2.35 bits per heavy atom. The van der Waals surface area contributed by atoms with Gasteiger partial charge in [0.05, 0.1) is 12.7 Å². The Balaban J connectivity index is 2.09. The van der Waals surface area contributed by atoms with Gasteiger partial charge in [0.2, 0.25) is 0 Å². The number of para-hydroxylation sites is 1. The molecule has 1 unspecified atom stereocenters. The van der Waals surface area contributed by atoms with E-state index in [-0.39, 0.29) is 11.3 Å². The molecule has 3 rings (SSSR count). The van der Waals surface area contributed by atoms with E-state index in [1.54, 1.807) is 70.3 Å². The zero-order valence-corrected chi connectivity index (χ0v) is 15.3. The predicted octanol–water partition coefficient (Wildman–Crippen LogP) is 4.44. The lowest BCUT2D eigenvalue weighted by molar-refractivity contribution is -0.151. The number of aliphatic hydroxyl groups is 1. The minimum atomic E-state index is -0.773. The summed E-state index contributed by atoms with van der Waals surface area (Å²) in [6.45, 7) is 5.34. The van der Waals surface area contributed by atoms with Crippen LogP contribution in [0.5, 0.6) is 11.5 Å². The van der Waals surface area contributed by atoms with Crippen LogP contribution >= 0.6 is 0 Å². The molecule has 0 radical (unpaired) electrons. The minimum absolute atomic E-state index is 0.0868. The standard InChI is InChI=1S/C21H22O5/c1-21(2,3)26-20(23)17-18(22)15-7-5-6-8-16(15)25-19(17)13-9-11-14(24-4)12-10-13/h5-12,19,22H,1-4H3. The summed E-state index contributed by atoms with van der Waals surface area (Å²) in [7, 11) is 1.58. The lowest BCUT2D eigenvalue weighted by atomic mass is 9.94. The van der Waals surface area contributed by atoms with E-state index in [1.165, 1.54) is 0 Å². The summed E-state index contributed by atoms with van der Waals surface area (Å²) < 4.78 is 16.7. The van der Waals surface area contributed by atoms with Crippen molar-refractivity contribution in [1.29, 1.82) is 0 Å². The molecule has 1 atom stereocenters. The van der Waals surface area contributed by atoms with Crippen molar-refractivity contribution in [3.63, 3.8) is 0 Å². The molecule has 0 aromatic heterocycles. The number of hydrogen-bond donors (Lipinski definition) is 1. The Hall–Kier alpha value is -2.95. The predicted molar refractivity (Wildman–Crippen MR) is 98.2 cm³/mol. The summed E-state index contributed by atoms with van der Waals surface area (Å²) in [4.78, 5) is 12.8. The number of carbonyl (C=O) groups excluding carboxylic acids is 1. The van der Waals surface area contributed by atoms with Crippen molar-refractivity contribution in [3.05, 3.63) is 65.2 Å². The van der Waals surface area contributed by atoms with E-state index in [4.69, 9.17) is 14.2 Å². The van der Waals surface area contributed by atoms with Gasteiger partial charge in [-0.15, -0.1) is 0 Å². The number of fused-ring (bicyclic) bond motifs is 1. The van der Waals surface area contributed by atoms with Crippen LogP contribution in [0.4, 0.5) is 0 Å². The summed E-state index contributed by atoms with van der Waals surface area (Å²) in [6, 6.07) is 14.2. The maximum absolute atomic E-state index is 12.8. The largest absolute Gasteiger partial charge is 0.506 e. The molecule has 1 N–H and O–H groups in total. The SMILES string of the molecule is COc1ccc(C2Oc3ccccc3C(O)=C2C(=O)OC(C)(C)C)cc1. The second kappa shape index (κ2) is 6.75. The van der Waals surface area contributed by atoms with Crippen LogP contribution in [0, 0.1) is 0 Å². The van der Waals surface area contributed by atoms with Crippen molar-refractivity contribution in [1.82, 2.24) is 0 Å². The van der Waals surface area contributed by atoms with Gasteiger partial charge in [0.1, 0.15) is 28.4 Å². The lowest BCUT2D eigenvalue weighted by Crippen LogP contribution is -2.30. The van der Waals surface area contributed by atoms with Gasteiger partial charge in [0.25, 0.3) is 0 Å². The first-order valence-corrected chi connectivity index (χ1v) is 8.36. The molecule has 0 amide bonds. The highest BCUT2D eigenvalue weighted by molar-refractivity contribution is 5.99. The van der Waals surface area contributed by atoms with Crippen LogP contribution in [0.1, 0.15) is 38.0 Å². The highest BCUT2D eigenvalue weighted by atomic mass is 16.6. The summed E-state index contributed by atoms with van der Waals surface area (Å²) in [5.41, 5.74) is 0.584. The van der Waals surface area contributed by atoms with E-state index < -0.39 is 17.7 Å². The highest BCUT2D eigenvalue weighted by Crippen LogP contribution is 2.42. The fourth-order valence-electron chi connectivity index (χ4n) is 2.77. The van der Waals surface area contributed by atoms with Gasteiger partial charge >= 0.3 is 5.97 Å². The van der Waals surface area contributed by atoms with Crippen LogP contribution < -0.4 is 9.47 Å². The molecule has 2 aromatic rings. The van der Waals surface area contributed by atoms with Crippen LogP contribution in [-0.4, -0.2) is 23.8 Å². The van der Waals surface area contributed by atoms with Crippen molar-refractivity contribution < 1.29 is 24.1 Å². The third-order valence-electron chi connectivity index (χ3n) is 3.94. The summed E-state index contributed by atoms with van der Waals surface area (Å²) in [5.74, 6) is 0.474. The first kappa shape index (κ1) is 17.9. The summed E-state index contributed by atoms with van der Waals surface area (Å²) in [5, 5.41) is 10.8. The number of ether oxygens (including phenoxy) is 3. The number of benzene rings is 2. The molecule has 5 heteroatoms. The van der Waals surface area contributed by atoms with Gasteiger partial charge < -0.3 is 19.3 Å². The third kappa shape index (κ3) is 3.52. The molecular formula is C21H22O5. The van der Waals surface area contributed by atoms with Gasteiger partial charge in [-0.3, -0.25) is 0 Å². The summed E-state index contributed by atoms with van der Waals surface area (Å²) >= 11 is 0. The Labute approximate surface area is 152 Å². The first-order chi connectivity index (χ1) is 12.3. The number of aliphatic hydroxyl groups excluding tert-OH is 1. The van der Waals surface area contributed by atoms with Gasteiger partial charge in [0, 0.05) is 0 Å². The fourth-order valence-corrected chi connectivity index (χ4v) is 2.77. The van der Waals surface area contributed by atoms with Crippen LogP contribution in [-0.2, 0) is 9.53 Å². The Bertz CT molecular complexity index is 843. The van der Waals surface area contributed by atoms with Gasteiger partial charge in [-0.2, -0.15) is 0 Å². The zero-order valence-electron chi connectivity index (χ0n) is 15.3. The van der Waals surface area contributed by atoms with Crippen molar-refractivity contribution in [3.8, 4) is 11.5 Å². The molecule has 1 heterocycles. The smallest absolute Gasteiger partial charge is 0.342 e. The molecule has 136 valence electrons. The molecule has 0 aliphatic carbocycles. The normalized spacial score (nSPS) is 16.5. The molecule has 0 fully saturated rings. The van der Waals surface area contributed by atoms with Crippen LogP contribution in [0.2, 0.25) is 0 Å². The fraction of sp³-hybridized carbons (Fsp3) is 0.286. The topological polar surface area (TPSA) is 65.0 Å². The second-order valence-corrected chi connectivity index (χ2v) is 7.03. The van der Waals surface area contributed by atoms with Crippen molar-refractivity contribution in [2.75, 3.05) is 7.11 Å². The van der Waals surface area contributed by atoms with E-state index in [2.05, 4.69) is 0 Å². The number of esters is 1. The maximum atomic E-state index is 12.8. The third-order valence-corrected chi connectivity index (χ3v) is 3.94. The monoisotopic (exact) mass is 354 g/mol. The average molecular weight is 354 g/mol. The number of hydrogen-bond acceptors (Lipinski definition) is 5. The number of carbonyl (C=O) groups is 1. The molecule has 2 aromatic carbocycles. The number of methoxy groups -OCH3 is 1. The van der Waals surface area contributed by atoms with Crippen molar-refractivity contribution in [2.24, 2.45) is 0 Å². The van der Waals surface area contributed by atoms with Crippen LogP contribution in [0.25, 0.3) is 5.76 Å². The molecular weight excluding hydrogens is 332 g/mol. The molecule has 0 saturated carbocycles. The minimum Gasteiger partial charge on any atom is -0.506 e. The molecule has 0 bridgehead atoms. The van der Waals surface area contributed by atoms with Crippen LogP contribution in [0.15, 0.2) is 54.1 Å². The first-order valence-electron chi connectivity index (χ1n) is 8.36. The van der Waals surface area contributed by atoms with Gasteiger partial charge in [-0.05, 0) is 50.6 Å². The molecule has 0 spiro atoms. The van der Waals surface area contributed by atoms with Gasteiger partial charge in [-0.1, -0.05) is 24.3 Å². The molecule has 26 heavy (non-hydrogen) atoms. The van der Waals surface area contributed by atoms with Gasteiger partial charge in [0.15, 0.2) is 6.10 Å². The van der Waals surface area contributed by atoms with Crippen molar-refractivity contribution in [2.45, 2.75) is 32.5 Å². The van der Waals surface area contributed by atoms with Gasteiger partial charge in [-0.25, -0.2) is 4.79 Å². The van der Waals surface area contributed by atoms with Crippen LogP contribution in [0.3, 0.4) is 0 Å². The Kier molecular flexibility index (Phi) is 4.64. The molecule has 5 nitrogen and oxygen atoms in total. The zero-order chi connectivity index (χ0) is 18.9. The average Bonchev–Trinajstić information content (AvgIpc) is 2.60. The molecule has 0 saturated heterocycles. The maximum Gasteiger partial charge on any atom is 0.342 e. The van der Waals surface area contributed by atoms with Crippen molar-refractivity contribution >= 4 is 11.7 Å². The van der Waals surface area contributed by atoms with E-state index in [1.807, 2.05) is 6.07 Å². The van der Waals surface area contributed by atoms with E-state index in [0.717, 1.165) is 0 Å². The lowest BCUT2D eigenvalue weighted by Gasteiger charge is -2.30. The van der Waals surface area contributed by atoms with E-state index in [9.17, 15) is 9.90 Å². The quantitative estimate of drug-likeness (QED) is 0.826.